The Kier molecular flexibility index (Phi) is 2.90. The van der Waals surface area contributed by atoms with Crippen LogP contribution in [0.25, 0.3) is 0 Å². The van der Waals surface area contributed by atoms with Gasteiger partial charge in [-0.15, -0.1) is 0 Å². The number of rotatable bonds is 1. The number of carbonyl (C=O) groups excluding carboxylic acids is 2. The SMILES string of the molecule is CN1C(=O)CC(N2CCNCC2C#N)C1=O. The van der Waals surface area contributed by atoms with Crippen LogP contribution in [0.5, 0.6) is 0 Å². The van der Waals surface area contributed by atoms with Gasteiger partial charge in [0.1, 0.15) is 6.04 Å². The van der Waals surface area contributed by atoms with Gasteiger partial charge in [0.05, 0.1) is 18.5 Å². The van der Waals surface area contributed by atoms with Crippen molar-refractivity contribution in [3.8, 4) is 6.07 Å². The number of likely N-dealkylation sites (N-methyl/N-ethyl adjacent to an activating group) is 1. The average Bonchev–Trinajstić information content (AvgIpc) is 2.57. The molecule has 16 heavy (non-hydrogen) atoms. The molecule has 0 aromatic rings. The van der Waals surface area contributed by atoms with Gasteiger partial charge in [0, 0.05) is 26.7 Å². The Morgan fingerprint density at radius 1 is 1.50 bits per heavy atom. The number of nitriles is 1. The van der Waals surface area contributed by atoms with Crippen LogP contribution in [0.1, 0.15) is 6.42 Å². The van der Waals surface area contributed by atoms with E-state index >= 15 is 0 Å². The van der Waals surface area contributed by atoms with E-state index in [0.717, 1.165) is 11.4 Å². The van der Waals surface area contributed by atoms with Gasteiger partial charge < -0.3 is 5.32 Å². The smallest absolute Gasteiger partial charge is 0.246 e. The molecule has 0 aliphatic carbocycles. The van der Waals surface area contributed by atoms with Crippen molar-refractivity contribution >= 4 is 11.8 Å². The van der Waals surface area contributed by atoms with Gasteiger partial charge in [-0.05, 0) is 0 Å². The van der Waals surface area contributed by atoms with Crippen LogP contribution < -0.4 is 5.32 Å². The summed E-state index contributed by atoms with van der Waals surface area (Å²) in [6, 6.07) is 1.40. The van der Waals surface area contributed by atoms with E-state index in [1.807, 2.05) is 4.90 Å². The van der Waals surface area contributed by atoms with Crippen LogP contribution in [-0.4, -0.2) is 60.4 Å². The molecule has 0 saturated carbocycles. The van der Waals surface area contributed by atoms with Gasteiger partial charge >= 0.3 is 0 Å². The van der Waals surface area contributed by atoms with Crippen molar-refractivity contribution < 1.29 is 9.59 Å². The summed E-state index contributed by atoms with van der Waals surface area (Å²) in [7, 11) is 1.49. The Morgan fingerprint density at radius 3 is 2.81 bits per heavy atom. The number of nitrogens with zero attached hydrogens (tertiary/aromatic N) is 3. The van der Waals surface area contributed by atoms with E-state index in [-0.39, 0.29) is 24.3 Å². The lowest BCUT2D eigenvalue weighted by atomic mass is 10.1. The Balaban J connectivity index is 2.15. The Morgan fingerprint density at radius 2 is 2.25 bits per heavy atom. The Labute approximate surface area is 93.8 Å². The van der Waals surface area contributed by atoms with Crippen LogP contribution in [0.4, 0.5) is 0 Å². The molecule has 2 rings (SSSR count). The summed E-state index contributed by atoms with van der Waals surface area (Å²) in [5, 5.41) is 12.1. The second-order valence-electron chi connectivity index (χ2n) is 4.10. The molecular weight excluding hydrogens is 208 g/mol. The highest BCUT2D eigenvalue weighted by Gasteiger charge is 2.42. The van der Waals surface area contributed by atoms with E-state index in [4.69, 9.17) is 5.26 Å². The van der Waals surface area contributed by atoms with Gasteiger partial charge in [0.25, 0.3) is 0 Å². The molecule has 2 saturated heterocycles. The maximum absolute atomic E-state index is 11.8. The van der Waals surface area contributed by atoms with E-state index < -0.39 is 6.04 Å². The molecule has 0 bridgehead atoms. The molecule has 2 aliphatic heterocycles. The minimum absolute atomic E-state index is 0.162. The molecule has 2 aliphatic rings. The van der Waals surface area contributed by atoms with E-state index in [2.05, 4.69) is 11.4 Å². The quantitative estimate of drug-likeness (QED) is 0.549. The molecule has 2 fully saturated rings. The maximum atomic E-state index is 11.8. The maximum Gasteiger partial charge on any atom is 0.246 e. The van der Waals surface area contributed by atoms with Crippen LogP contribution in [0.15, 0.2) is 0 Å². The molecule has 2 amide bonds. The van der Waals surface area contributed by atoms with Crippen molar-refractivity contribution in [2.75, 3.05) is 26.7 Å². The number of hydrogen-bond donors (Lipinski definition) is 1. The molecule has 2 unspecified atom stereocenters. The van der Waals surface area contributed by atoms with Crippen molar-refractivity contribution in [1.29, 1.82) is 5.26 Å². The monoisotopic (exact) mass is 222 g/mol. The number of piperazine rings is 1. The summed E-state index contributed by atoms with van der Waals surface area (Å²) in [5.41, 5.74) is 0. The molecule has 0 aromatic carbocycles. The largest absolute Gasteiger partial charge is 0.313 e. The molecule has 0 radical (unpaired) electrons. The molecule has 6 nitrogen and oxygen atoms in total. The summed E-state index contributed by atoms with van der Waals surface area (Å²) in [6.07, 6.45) is 0.202. The second kappa shape index (κ2) is 4.20. The molecule has 86 valence electrons. The Bertz CT molecular complexity index is 362. The molecule has 0 spiro atoms. The zero-order valence-corrected chi connectivity index (χ0v) is 9.14. The number of amides is 2. The summed E-state index contributed by atoms with van der Waals surface area (Å²) < 4.78 is 0. The lowest BCUT2D eigenvalue weighted by molar-refractivity contribution is -0.138. The van der Waals surface area contributed by atoms with Crippen LogP contribution in [-0.2, 0) is 9.59 Å². The third-order valence-electron chi connectivity index (χ3n) is 3.19. The summed E-state index contributed by atoms with van der Waals surface area (Å²) in [6.45, 7) is 1.94. The standard InChI is InChI=1S/C10H14N4O2/c1-13-9(15)4-8(10(13)16)14-3-2-12-6-7(14)5-11/h7-8,12H,2-4,6H2,1H3. The zero-order valence-electron chi connectivity index (χ0n) is 9.14. The fraction of sp³-hybridized carbons (Fsp3) is 0.700. The fourth-order valence-electron chi connectivity index (χ4n) is 2.21. The molecule has 2 atom stereocenters. The second-order valence-corrected chi connectivity index (χ2v) is 4.10. The van der Waals surface area contributed by atoms with Crippen LogP contribution >= 0.6 is 0 Å². The normalized spacial score (nSPS) is 31.9. The van der Waals surface area contributed by atoms with E-state index in [0.29, 0.717) is 13.1 Å². The van der Waals surface area contributed by atoms with E-state index in [9.17, 15) is 9.59 Å². The third kappa shape index (κ3) is 1.68. The number of hydrogen-bond acceptors (Lipinski definition) is 5. The average molecular weight is 222 g/mol. The van der Waals surface area contributed by atoms with Gasteiger partial charge in [0.15, 0.2) is 0 Å². The summed E-state index contributed by atoms with van der Waals surface area (Å²) in [4.78, 5) is 26.2. The zero-order chi connectivity index (χ0) is 11.7. The highest BCUT2D eigenvalue weighted by Crippen LogP contribution is 2.20. The predicted molar refractivity (Wildman–Crippen MR) is 55.2 cm³/mol. The first-order valence-electron chi connectivity index (χ1n) is 5.31. The van der Waals surface area contributed by atoms with E-state index in [1.165, 1.54) is 7.05 Å². The van der Waals surface area contributed by atoms with Crippen molar-refractivity contribution in [3.05, 3.63) is 0 Å². The van der Waals surface area contributed by atoms with Crippen molar-refractivity contribution in [1.82, 2.24) is 15.1 Å². The van der Waals surface area contributed by atoms with Gasteiger partial charge in [-0.2, -0.15) is 5.26 Å². The molecule has 2 heterocycles. The first-order chi connectivity index (χ1) is 7.65. The molecular formula is C10H14N4O2. The first-order valence-corrected chi connectivity index (χ1v) is 5.31. The highest BCUT2D eigenvalue weighted by atomic mass is 16.2. The summed E-state index contributed by atoms with van der Waals surface area (Å²) in [5.74, 6) is -0.350. The lowest BCUT2D eigenvalue weighted by Crippen LogP contribution is -2.56. The van der Waals surface area contributed by atoms with Crippen molar-refractivity contribution in [2.45, 2.75) is 18.5 Å². The fourth-order valence-corrected chi connectivity index (χ4v) is 2.21. The third-order valence-corrected chi connectivity index (χ3v) is 3.19. The number of likely N-dealkylation sites (tertiary alicyclic amines) is 1. The molecule has 1 N–H and O–H groups in total. The minimum Gasteiger partial charge on any atom is -0.313 e. The lowest BCUT2D eigenvalue weighted by Gasteiger charge is -2.34. The highest BCUT2D eigenvalue weighted by molar-refractivity contribution is 6.05. The summed E-state index contributed by atoms with van der Waals surface area (Å²) >= 11 is 0. The van der Waals surface area contributed by atoms with Crippen LogP contribution in [0.2, 0.25) is 0 Å². The number of carbonyl (C=O) groups is 2. The van der Waals surface area contributed by atoms with Gasteiger partial charge in [0.2, 0.25) is 11.8 Å². The number of imide groups is 1. The molecule has 6 heteroatoms. The van der Waals surface area contributed by atoms with Gasteiger partial charge in [-0.3, -0.25) is 19.4 Å². The van der Waals surface area contributed by atoms with E-state index in [1.54, 1.807) is 0 Å². The number of nitrogens with one attached hydrogen (secondary N) is 1. The van der Waals surface area contributed by atoms with Crippen molar-refractivity contribution in [2.24, 2.45) is 0 Å². The first kappa shape index (κ1) is 11.0. The van der Waals surface area contributed by atoms with Gasteiger partial charge in [-0.25, -0.2) is 0 Å². The predicted octanol–water partition coefficient (Wildman–Crippen LogP) is -1.46. The topological polar surface area (TPSA) is 76.4 Å². The minimum atomic E-state index is -0.441. The van der Waals surface area contributed by atoms with Crippen molar-refractivity contribution in [3.63, 3.8) is 0 Å². The molecule has 0 aromatic heterocycles. The Hall–Kier alpha value is -1.45. The van der Waals surface area contributed by atoms with Crippen LogP contribution in [0, 0.1) is 11.3 Å². The van der Waals surface area contributed by atoms with Gasteiger partial charge in [-0.1, -0.05) is 0 Å². The van der Waals surface area contributed by atoms with Crippen LogP contribution in [0.3, 0.4) is 0 Å².